The largest absolute Gasteiger partial charge is 0.369 e. The van der Waals surface area contributed by atoms with Gasteiger partial charge in [-0.05, 0) is 6.92 Å². The lowest BCUT2D eigenvalue weighted by Crippen LogP contribution is -2.38. The van der Waals surface area contributed by atoms with E-state index in [1.807, 2.05) is 6.92 Å². The SMILES string of the molecule is C#C[C@]1(O)CCN(CC)C1=O. The predicted molar refractivity (Wildman–Crippen MR) is 40.7 cm³/mol. The van der Waals surface area contributed by atoms with Gasteiger partial charge in [-0.15, -0.1) is 6.42 Å². The molecule has 0 radical (unpaired) electrons. The standard InChI is InChI=1S/C8H11NO2/c1-3-8(11)5-6-9(4-2)7(8)10/h1,11H,4-6H2,2H3/t8-/m0/s1. The van der Waals surface area contributed by atoms with Gasteiger partial charge >= 0.3 is 0 Å². The Morgan fingerprint density at radius 3 is 2.82 bits per heavy atom. The molecule has 0 aliphatic carbocycles. The molecular formula is C8H11NO2. The predicted octanol–water partition coefficient (Wildman–Crippen LogP) is -0.397. The van der Waals surface area contributed by atoms with Crippen LogP contribution in [0.1, 0.15) is 13.3 Å². The van der Waals surface area contributed by atoms with Gasteiger partial charge in [0.15, 0.2) is 0 Å². The third kappa shape index (κ3) is 1.10. The van der Waals surface area contributed by atoms with E-state index in [2.05, 4.69) is 5.92 Å². The molecule has 1 N–H and O–H groups in total. The number of rotatable bonds is 1. The number of likely N-dealkylation sites (N-methyl/N-ethyl adjacent to an activating group) is 1. The van der Waals surface area contributed by atoms with E-state index >= 15 is 0 Å². The molecule has 1 aliphatic rings. The molecule has 1 rings (SSSR count). The number of terminal acetylenes is 1. The van der Waals surface area contributed by atoms with Crippen LogP contribution in [0.2, 0.25) is 0 Å². The van der Waals surface area contributed by atoms with E-state index in [1.54, 1.807) is 4.90 Å². The van der Waals surface area contributed by atoms with Gasteiger partial charge in [0.25, 0.3) is 5.91 Å². The summed E-state index contributed by atoms with van der Waals surface area (Å²) in [6.45, 7) is 3.04. The molecular weight excluding hydrogens is 142 g/mol. The zero-order valence-electron chi connectivity index (χ0n) is 6.50. The first-order chi connectivity index (χ1) is 5.14. The number of carbonyl (C=O) groups excluding carboxylic acids is 1. The number of nitrogens with zero attached hydrogens (tertiary/aromatic N) is 1. The molecule has 60 valence electrons. The second-order valence-corrected chi connectivity index (χ2v) is 2.64. The van der Waals surface area contributed by atoms with Crippen molar-refractivity contribution in [1.82, 2.24) is 4.90 Å². The normalized spacial score (nSPS) is 30.6. The highest BCUT2D eigenvalue weighted by molar-refractivity contribution is 5.90. The molecule has 1 atom stereocenters. The van der Waals surface area contributed by atoms with Crippen LogP contribution in [0.25, 0.3) is 0 Å². The maximum absolute atomic E-state index is 11.2. The van der Waals surface area contributed by atoms with Gasteiger partial charge in [0.2, 0.25) is 5.60 Å². The van der Waals surface area contributed by atoms with Crippen LogP contribution >= 0.6 is 0 Å². The van der Waals surface area contributed by atoms with Crippen LogP contribution in [-0.4, -0.2) is 34.6 Å². The molecule has 3 nitrogen and oxygen atoms in total. The van der Waals surface area contributed by atoms with Gasteiger partial charge < -0.3 is 10.0 Å². The monoisotopic (exact) mass is 153 g/mol. The molecule has 11 heavy (non-hydrogen) atoms. The van der Waals surface area contributed by atoms with Crippen LogP contribution in [0.15, 0.2) is 0 Å². The minimum absolute atomic E-state index is 0.331. The van der Waals surface area contributed by atoms with E-state index in [-0.39, 0.29) is 5.91 Å². The van der Waals surface area contributed by atoms with Gasteiger partial charge in [0.05, 0.1) is 0 Å². The zero-order chi connectivity index (χ0) is 8.48. The molecule has 1 heterocycles. The highest BCUT2D eigenvalue weighted by Gasteiger charge is 2.42. The van der Waals surface area contributed by atoms with Crippen LogP contribution in [0, 0.1) is 12.3 Å². The van der Waals surface area contributed by atoms with E-state index in [1.165, 1.54) is 0 Å². The van der Waals surface area contributed by atoms with Gasteiger partial charge in [-0.3, -0.25) is 4.79 Å². The van der Waals surface area contributed by atoms with Gasteiger partial charge in [-0.25, -0.2) is 0 Å². The molecule has 0 unspecified atom stereocenters. The molecule has 0 aromatic carbocycles. The molecule has 0 aromatic rings. The summed E-state index contributed by atoms with van der Waals surface area (Å²) in [6.07, 6.45) is 5.39. The molecule has 1 aliphatic heterocycles. The Labute approximate surface area is 66.0 Å². The number of carbonyl (C=O) groups is 1. The topological polar surface area (TPSA) is 40.5 Å². The summed E-state index contributed by atoms with van der Waals surface area (Å²) in [7, 11) is 0. The van der Waals surface area contributed by atoms with Crippen LogP contribution < -0.4 is 0 Å². The summed E-state index contributed by atoms with van der Waals surface area (Å²) < 4.78 is 0. The van der Waals surface area contributed by atoms with Crippen LogP contribution in [0.3, 0.4) is 0 Å². The Hall–Kier alpha value is -1.01. The van der Waals surface area contributed by atoms with Crippen molar-refractivity contribution in [3.63, 3.8) is 0 Å². The fourth-order valence-electron chi connectivity index (χ4n) is 1.20. The van der Waals surface area contributed by atoms with Crippen molar-refractivity contribution >= 4 is 5.91 Å². The molecule has 0 aromatic heterocycles. The number of likely N-dealkylation sites (tertiary alicyclic amines) is 1. The first-order valence-corrected chi connectivity index (χ1v) is 3.63. The fraction of sp³-hybridized carbons (Fsp3) is 0.625. The maximum Gasteiger partial charge on any atom is 0.267 e. The minimum Gasteiger partial charge on any atom is -0.369 e. The molecule has 0 saturated carbocycles. The van der Waals surface area contributed by atoms with Crippen LogP contribution in [-0.2, 0) is 4.79 Å². The molecule has 1 saturated heterocycles. The van der Waals surface area contributed by atoms with Crippen LogP contribution in [0.5, 0.6) is 0 Å². The fourth-order valence-corrected chi connectivity index (χ4v) is 1.20. The molecule has 0 spiro atoms. The second-order valence-electron chi connectivity index (χ2n) is 2.64. The van der Waals surface area contributed by atoms with Crippen molar-refractivity contribution in [2.45, 2.75) is 18.9 Å². The Balaban J connectivity index is 2.80. The highest BCUT2D eigenvalue weighted by atomic mass is 16.3. The van der Waals surface area contributed by atoms with Crippen molar-refractivity contribution in [2.75, 3.05) is 13.1 Å². The number of hydrogen-bond donors (Lipinski definition) is 1. The van der Waals surface area contributed by atoms with Crippen LogP contribution in [0.4, 0.5) is 0 Å². The van der Waals surface area contributed by atoms with Crippen molar-refractivity contribution in [3.8, 4) is 12.3 Å². The van der Waals surface area contributed by atoms with E-state index in [0.29, 0.717) is 19.5 Å². The summed E-state index contributed by atoms with van der Waals surface area (Å²) in [6, 6.07) is 0. The quantitative estimate of drug-likeness (QED) is 0.521. The lowest BCUT2D eigenvalue weighted by atomic mass is 10.0. The maximum atomic E-state index is 11.2. The molecule has 3 heteroatoms. The Morgan fingerprint density at radius 2 is 2.55 bits per heavy atom. The average Bonchev–Trinajstić information content (AvgIpc) is 2.31. The lowest BCUT2D eigenvalue weighted by Gasteiger charge is -2.15. The molecule has 1 amide bonds. The van der Waals surface area contributed by atoms with Gasteiger partial charge in [0.1, 0.15) is 0 Å². The number of aliphatic hydroxyl groups is 1. The second kappa shape index (κ2) is 2.55. The summed E-state index contributed by atoms with van der Waals surface area (Å²) in [5.74, 6) is 1.79. The number of amides is 1. The van der Waals surface area contributed by atoms with E-state index < -0.39 is 5.60 Å². The van der Waals surface area contributed by atoms with Gasteiger partial charge in [0, 0.05) is 19.5 Å². The first kappa shape index (κ1) is 8.09. The average molecular weight is 153 g/mol. The third-order valence-electron chi connectivity index (χ3n) is 2.01. The first-order valence-electron chi connectivity index (χ1n) is 3.63. The summed E-state index contributed by atoms with van der Waals surface area (Å²) >= 11 is 0. The van der Waals surface area contributed by atoms with Crippen molar-refractivity contribution in [2.24, 2.45) is 0 Å². The van der Waals surface area contributed by atoms with Gasteiger partial charge in [-0.2, -0.15) is 0 Å². The van der Waals surface area contributed by atoms with Crippen molar-refractivity contribution in [3.05, 3.63) is 0 Å². The smallest absolute Gasteiger partial charge is 0.267 e. The zero-order valence-corrected chi connectivity index (χ0v) is 6.50. The van der Waals surface area contributed by atoms with E-state index in [4.69, 9.17) is 6.42 Å². The summed E-state index contributed by atoms with van der Waals surface area (Å²) in [4.78, 5) is 12.8. The number of hydrogen-bond acceptors (Lipinski definition) is 2. The minimum atomic E-state index is -1.52. The van der Waals surface area contributed by atoms with Crippen molar-refractivity contribution < 1.29 is 9.90 Å². The Morgan fingerprint density at radius 1 is 1.91 bits per heavy atom. The van der Waals surface area contributed by atoms with E-state index in [0.717, 1.165) is 0 Å². The Bertz CT molecular complexity index is 219. The Kier molecular flexibility index (Phi) is 1.88. The molecule has 1 fully saturated rings. The third-order valence-corrected chi connectivity index (χ3v) is 2.01. The lowest BCUT2D eigenvalue weighted by molar-refractivity contribution is -0.138. The van der Waals surface area contributed by atoms with E-state index in [9.17, 15) is 9.90 Å². The summed E-state index contributed by atoms with van der Waals surface area (Å²) in [5.41, 5.74) is -1.52. The molecule has 0 bridgehead atoms. The summed E-state index contributed by atoms with van der Waals surface area (Å²) in [5, 5.41) is 9.44. The highest BCUT2D eigenvalue weighted by Crippen LogP contribution is 2.21. The van der Waals surface area contributed by atoms with Crippen molar-refractivity contribution in [1.29, 1.82) is 0 Å². The van der Waals surface area contributed by atoms with Gasteiger partial charge in [-0.1, -0.05) is 5.92 Å².